The molecule has 0 aliphatic heterocycles. The van der Waals surface area contributed by atoms with Gasteiger partial charge >= 0.3 is 8.25 Å². The molecule has 0 spiro atoms. The standard InChI is InChI=1S/C7H4BrF2O3P/c8-4-1-6(9)5(7(10)2-4)3-13-14(11)12/h1-2H,3H2/p+1. The van der Waals surface area contributed by atoms with Crippen molar-refractivity contribution in [3.8, 4) is 0 Å². The van der Waals surface area contributed by atoms with E-state index in [9.17, 15) is 13.3 Å². The van der Waals surface area contributed by atoms with Gasteiger partial charge in [-0.2, -0.15) is 0 Å². The van der Waals surface area contributed by atoms with Crippen molar-refractivity contribution >= 4 is 24.2 Å². The Balaban J connectivity index is 2.91. The number of benzene rings is 1. The predicted octanol–water partition coefficient (Wildman–Crippen LogP) is 2.89. The van der Waals surface area contributed by atoms with Gasteiger partial charge in [-0.3, -0.25) is 0 Å². The van der Waals surface area contributed by atoms with Crippen LogP contribution in [0.4, 0.5) is 8.78 Å². The molecular weight excluding hydrogens is 281 g/mol. The molecule has 0 radical (unpaired) electrons. The van der Waals surface area contributed by atoms with Crippen molar-refractivity contribution in [3.63, 3.8) is 0 Å². The lowest BCUT2D eigenvalue weighted by molar-refractivity contribution is 0.263. The minimum atomic E-state index is -2.85. The maximum atomic E-state index is 13.0. The molecule has 1 aromatic carbocycles. The highest BCUT2D eigenvalue weighted by atomic mass is 79.9. The van der Waals surface area contributed by atoms with Crippen molar-refractivity contribution in [2.75, 3.05) is 0 Å². The first-order valence-corrected chi connectivity index (χ1v) is 5.35. The molecule has 1 N–H and O–H groups in total. The van der Waals surface area contributed by atoms with Crippen LogP contribution < -0.4 is 0 Å². The first kappa shape index (κ1) is 11.7. The molecule has 0 fully saturated rings. The van der Waals surface area contributed by atoms with Crippen LogP contribution in [0.5, 0.6) is 0 Å². The maximum absolute atomic E-state index is 13.0. The highest BCUT2D eigenvalue weighted by Gasteiger charge is 2.17. The van der Waals surface area contributed by atoms with E-state index in [0.717, 1.165) is 12.1 Å². The molecule has 1 unspecified atom stereocenters. The van der Waals surface area contributed by atoms with E-state index in [2.05, 4.69) is 20.5 Å². The average molecular weight is 286 g/mol. The summed E-state index contributed by atoms with van der Waals surface area (Å²) in [5.41, 5.74) is -0.370. The molecule has 0 saturated heterocycles. The third-order valence-corrected chi connectivity index (χ3v) is 2.23. The van der Waals surface area contributed by atoms with Crippen LogP contribution in [-0.2, 0) is 15.7 Å². The lowest BCUT2D eigenvalue weighted by atomic mass is 10.2. The van der Waals surface area contributed by atoms with Gasteiger partial charge in [0.05, 0.1) is 5.56 Å². The maximum Gasteiger partial charge on any atom is 0.695 e. The molecule has 0 aliphatic rings. The highest BCUT2D eigenvalue weighted by molar-refractivity contribution is 9.10. The molecular formula is C7H5BrF2O3P+. The largest absolute Gasteiger partial charge is 0.695 e. The van der Waals surface area contributed by atoms with E-state index in [-0.39, 0.29) is 10.0 Å². The summed E-state index contributed by atoms with van der Waals surface area (Å²) in [4.78, 5) is 8.28. The zero-order chi connectivity index (χ0) is 10.7. The Hall–Kier alpha value is -0.420. The summed E-state index contributed by atoms with van der Waals surface area (Å²) in [6.07, 6.45) is 0. The molecule has 0 aromatic heterocycles. The predicted molar refractivity (Wildman–Crippen MR) is 48.7 cm³/mol. The Morgan fingerprint density at radius 3 is 2.36 bits per heavy atom. The van der Waals surface area contributed by atoms with Crippen molar-refractivity contribution in [1.29, 1.82) is 0 Å². The number of rotatable bonds is 3. The van der Waals surface area contributed by atoms with Gasteiger partial charge in [0.1, 0.15) is 18.2 Å². The van der Waals surface area contributed by atoms with Crippen LogP contribution in [0.2, 0.25) is 0 Å². The van der Waals surface area contributed by atoms with Crippen molar-refractivity contribution in [3.05, 3.63) is 33.8 Å². The van der Waals surface area contributed by atoms with Crippen LogP contribution in [-0.4, -0.2) is 4.89 Å². The molecule has 0 heterocycles. The monoisotopic (exact) mass is 285 g/mol. The van der Waals surface area contributed by atoms with Gasteiger partial charge in [0, 0.05) is 9.04 Å². The van der Waals surface area contributed by atoms with Crippen LogP contribution in [0.25, 0.3) is 0 Å². The number of hydrogen-bond acceptors (Lipinski definition) is 2. The zero-order valence-electron chi connectivity index (χ0n) is 6.71. The summed E-state index contributed by atoms with van der Waals surface area (Å²) < 4.78 is 40.7. The Bertz CT molecular complexity index is 349. The lowest BCUT2D eigenvalue weighted by Crippen LogP contribution is -1.96. The summed E-state index contributed by atoms with van der Waals surface area (Å²) in [7, 11) is -2.85. The van der Waals surface area contributed by atoms with Gasteiger partial charge in [0.2, 0.25) is 0 Å². The quantitative estimate of drug-likeness (QED) is 0.869. The molecule has 1 atom stereocenters. The van der Waals surface area contributed by atoms with Gasteiger partial charge < -0.3 is 0 Å². The third-order valence-electron chi connectivity index (χ3n) is 1.43. The van der Waals surface area contributed by atoms with Crippen LogP contribution in [0, 0.1) is 11.6 Å². The summed E-state index contributed by atoms with van der Waals surface area (Å²) in [6.45, 7) is -0.573. The van der Waals surface area contributed by atoms with E-state index in [4.69, 9.17) is 4.89 Å². The van der Waals surface area contributed by atoms with E-state index in [1.165, 1.54) is 0 Å². The molecule has 0 amide bonds. The SMILES string of the molecule is O=[P+](O)OCc1c(F)cc(Br)cc1F. The molecule has 14 heavy (non-hydrogen) atoms. The molecule has 3 nitrogen and oxygen atoms in total. The Labute approximate surface area is 87.8 Å². The van der Waals surface area contributed by atoms with Gasteiger partial charge in [-0.15, -0.1) is 9.42 Å². The van der Waals surface area contributed by atoms with E-state index in [0.29, 0.717) is 0 Å². The second-order valence-corrected chi connectivity index (χ2v) is 4.01. The van der Waals surface area contributed by atoms with Crippen molar-refractivity contribution in [2.45, 2.75) is 6.61 Å². The smallest absolute Gasteiger partial charge is 0.206 e. The fraction of sp³-hybridized carbons (Fsp3) is 0.143. The summed E-state index contributed by atoms with van der Waals surface area (Å²) in [5.74, 6) is -1.65. The number of hydrogen-bond donors (Lipinski definition) is 1. The van der Waals surface area contributed by atoms with Crippen LogP contribution >= 0.6 is 24.2 Å². The zero-order valence-corrected chi connectivity index (χ0v) is 9.19. The van der Waals surface area contributed by atoms with Gasteiger partial charge in [-0.1, -0.05) is 15.9 Å². The molecule has 0 aliphatic carbocycles. The molecule has 76 valence electrons. The molecule has 7 heteroatoms. The average Bonchev–Trinajstić information content (AvgIpc) is 2.01. The van der Waals surface area contributed by atoms with E-state index >= 15 is 0 Å². The Kier molecular flexibility index (Phi) is 4.07. The third kappa shape index (κ3) is 3.06. The molecule has 1 rings (SSSR count). The van der Waals surface area contributed by atoms with E-state index < -0.39 is 26.5 Å². The van der Waals surface area contributed by atoms with Crippen LogP contribution in [0.15, 0.2) is 16.6 Å². The van der Waals surface area contributed by atoms with Gasteiger partial charge in [0.25, 0.3) is 0 Å². The second kappa shape index (κ2) is 4.89. The fourth-order valence-corrected chi connectivity index (χ4v) is 1.47. The minimum absolute atomic E-state index is 0.254. The van der Waals surface area contributed by atoms with Crippen LogP contribution in [0.3, 0.4) is 0 Å². The summed E-state index contributed by atoms with van der Waals surface area (Å²) in [5, 5.41) is 0. The first-order chi connectivity index (χ1) is 6.50. The molecule has 0 bridgehead atoms. The summed E-state index contributed by atoms with van der Waals surface area (Å²) in [6, 6.07) is 2.10. The molecule has 0 saturated carbocycles. The highest BCUT2D eigenvalue weighted by Crippen LogP contribution is 2.24. The molecule has 1 aromatic rings. The first-order valence-electron chi connectivity index (χ1n) is 3.43. The Morgan fingerprint density at radius 1 is 1.43 bits per heavy atom. The topological polar surface area (TPSA) is 46.5 Å². The normalized spacial score (nSPS) is 11.6. The Morgan fingerprint density at radius 2 is 1.93 bits per heavy atom. The minimum Gasteiger partial charge on any atom is -0.206 e. The van der Waals surface area contributed by atoms with Gasteiger partial charge in [-0.25, -0.2) is 8.78 Å². The van der Waals surface area contributed by atoms with E-state index in [1.807, 2.05) is 0 Å². The number of halogens is 3. The fourth-order valence-electron chi connectivity index (χ4n) is 0.830. The van der Waals surface area contributed by atoms with Crippen molar-refractivity contribution < 1.29 is 22.8 Å². The second-order valence-electron chi connectivity index (χ2n) is 2.36. The van der Waals surface area contributed by atoms with E-state index in [1.54, 1.807) is 0 Å². The van der Waals surface area contributed by atoms with Crippen molar-refractivity contribution in [1.82, 2.24) is 0 Å². The summed E-state index contributed by atoms with van der Waals surface area (Å²) >= 11 is 2.90. The van der Waals surface area contributed by atoms with Crippen molar-refractivity contribution in [2.24, 2.45) is 0 Å². The lowest BCUT2D eigenvalue weighted by Gasteiger charge is -2.00. The van der Waals surface area contributed by atoms with Gasteiger partial charge in [0.15, 0.2) is 0 Å². The van der Waals surface area contributed by atoms with Gasteiger partial charge in [-0.05, 0) is 12.1 Å². The van der Waals surface area contributed by atoms with Crippen LogP contribution in [0.1, 0.15) is 5.56 Å².